The summed E-state index contributed by atoms with van der Waals surface area (Å²) < 4.78 is 0. The van der Waals surface area contributed by atoms with E-state index in [1.807, 2.05) is 11.8 Å². The first-order valence-corrected chi connectivity index (χ1v) is 5.96. The summed E-state index contributed by atoms with van der Waals surface area (Å²) in [5.74, 6) is 2.72. The summed E-state index contributed by atoms with van der Waals surface area (Å²) in [5.41, 5.74) is 1.36. The van der Waals surface area contributed by atoms with Crippen molar-refractivity contribution in [2.45, 2.75) is 19.8 Å². The van der Waals surface area contributed by atoms with Gasteiger partial charge in [-0.05, 0) is 43.6 Å². The second kappa shape index (κ2) is 4.76. The van der Waals surface area contributed by atoms with Crippen LogP contribution in [0.3, 0.4) is 0 Å². The van der Waals surface area contributed by atoms with Crippen LogP contribution in [0.1, 0.15) is 19.8 Å². The molecule has 1 aliphatic rings. The highest BCUT2D eigenvalue weighted by Crippen LogP contribution is 2.31. The fraction of sp³-hybridized carbons (Fsp3) is 0.636. The Morgan fingerprint density at radius 1 is 1.67 bits per heavy atom. The first-order valence-electron chi connectivity index (χ1n) is 4.56. The summed E-state index contributed by atoms with van der Waals surface area (Å²) in [6, 6.07) is 0. The Kier molecular flexibility index (Phi) is 3.93. The highest BCUT2D eigenvalue weighted by Gasteiger charge is 2.21. The molecular weight excluding hydrogens is 164 g/mol. The molecule has 0 aliphatic heterocycles. The van der Waals surface area contributed by atoms with Crippen molar-refractivity contribution in [3.63, 3.8) is 0 Å². The summed E-state index contributed by atoms with van der Waals surface area (Å²) in [4.78, 5) is 0. The average Bonchev–Trinajstić information content (AvgIpc) is 2.05. The molecule has 0 radical (unpaired) electrons. The van der Waals surface area contributed by atoms with Gasteiger partial charge < -0.3 is 0 Å². The van der Waals surface area contributed by atoms with Crippen LogP contribution in [-0.4, -0.2) is 12.0 Å². The number of hydrogen-bond donors (Lipinski definition) is 0. The zero-order chi connectivity index (χ0) is 8.97. The summed E-state index contributed by atoms with van der Waals surface area (Å²) in [5, 5.41) is 0. The normalized spacial score (nSPS) is 28.8. The van der Waals surface area contributed by atoms with Crippen LogP contribution in [0, 0.1) is 11.8 Å². The molecule has 0 N–H and O–H groups in total. The van der Waals surface area contributed by atoms with E-state index in [4.69, 9.17) is 0 Å². The fourth-order valence-corrected chi connectivity index (χ4v) is 2.60. The van der Waals surface area contributed by atoms with Crippen LogP contribution in [0.25, 0.3) is 0 Å². The molecule has 0 nitrogen and oxygen atoms in total. The van der Waals surface area contributed by atoms with Crippen LogP contribution in [0.15, 0.2) is 24.3 Å². The Morgan fingerprint density at radius 3 is 3.00 bits per heavy atom. The second-order valence-electron chi connectivity index (χ2n) is 3.58. The Hall–Kier alpha value is -0.170. The van der Waals surface area contributed by atoms with E-state index in [1.54, 1.807) is 0 Å². The Labute approximate surface area is 80.1 Å². The SMILES string of the molecule is C=C(C)[C@@H]1CCC=CC1CSC. The minimum Gasteiger partial charge on any atom is -0.165 e. The fourth-order valence-electron chi connectivity index (χ4n) is 1.87. The van der Waals surface area contributed by atoms with Crippen LogP contribution < -0.4 is 0 Å². The largest absolute Gasteiger partial charge is 0.165 e. The predicted octanol–water partition coefficient (Wildman–Crippen LogP) is 3.51. The Morgan fingerprint density at radius 2 is 2.42 bits per heavy atom. The van der Waals surface area contributed by atoms with E-state index in [-0.39, 0.29) is 0 Å². The molecule has 1 unspecified atom stereocenters. The van der Waals surface area contributed by atoms with Crippen molar-refractivity contribution in [1.82, 2.24) is 0 Å². The van der Waals surface area contributed by atoms with Gasteiger partial charge in [-0.15, -0.1) is 0 Å². The zero-order valence-electron chi connectivity index (χ0n) is 8.05. The van der Waals surface area contributed by atoms with Gasteiger partial charge in [0.1, 0.15) is 0 Å². The lowest BCUT2D eigenvalue weighted by molar-refractivity contribution is 0.443. The molecule has 0 bridgehead atoms. The highest BCUT2D eigenvalue weighted by atomic mass is 32.2. The predicted molar refractivity (Wildman–Crippen MR) is 58.6 cm³/mol. The van der Waals surface area contributed by atoms with Crippen LogP contribution in [0.5, 0.6) is 0 Å². The van der Waals surface area contributed by atoms with E-state index in [1.165, 1.54) is 24.2 Å². The molecule has 0 spiro atoms. The number of rotatable bonds is 3. The summed E-state index contributed by atoms with van der Waals surface area (Å²) in [6.07, 6.45) is 9.41. The lowest BCUT2D eigenvalue weighted by Gasteiger charge is -2.27. The lowest BCUT2D eigenvalue weighted by atomic mass is 9.81. The standard InChI is InChI=1S/C11H18S/c1-9(2)11-7-5-4-6-10(11)8-12-3/h4,6,10-11H,1,5,7-8H2,2-3H3/t10?,11-/m0/s1. The molecule has 0 heterocycles. The van der Waals surface area contributed by atoms with Gasteiger partial charge in [0.25, 0.3) is 0 Å². The van der Waals surface area contributed by atoms with E-state index in [0.717, 1.165) is 11.8 Å². The van der Waals surface area contributed by atoms with E-state index in [9.17, 15) is 0 Å². The van der Waals surface area contributed by atoms with Crippen molar-refractivity contribution in [2.75, 3.05) is 12.0 Å². The average molecular weight is 182 g/mol. The van der Waals surface area contributed by atoms with Crippen molar-refractivity contribution >= 4 is 11.8 Å². The molecule has 0 aromatic carbocycles. The zero-order valence-corrected chi connectivity index (χ0v) is 8.86. The maximum absolute atomic E-state index is 4.07. The number of hydrogen-bond acceptors (Lipinski definition) is 1. The van der Waals surface area contributed by atoms with Crippen LogP contribution in [0.4, 0.5) is 0 Å². The summed E-state index contributed by atoms with van der Waals surface area (Å²) >= 11 is 1.94. The van der Waals surface area contributed by atoms with Gasteiger partial charge in [0, 0.05) is 0 Å². The van der Waals surface area contributed by atoms with E-state index in [0.29, 0.717) is 0 Å². The van der Waals surface area contributed by atoms with Gasteiger partial charge in [0.05, 0.1) is 0 Å². The topological polar surface area (TPSA) is 0 Å². The van der Waals surface area contributed by atoms with Gasteiger partial charge in [0.15, 0.2) is 0 Å². The smallest absolute Gasteiger partial charge is 0.000148 e. The molecule has 0 fully saturated rings. The third-order valence-electron chi connectivity index (χ3n) is 2.54. The number of thioether (sulfide) groups is 1. The maximum atomic E-state index is 4.07. The van der Waals surface area contributed by atoms with Crippen molar-refractivity contribution in [3.05, 3.63) is 24.3 Å². The Balaban J connectivity index is 2.58. The molecule has 0 amide bonds. The van der Waals surface area contributed by atoms with Crippen molar-refractivity contribution < 1.29 is 0 Å². The molecule has 12 heavy (non-hydrogen) atoms. The van der Waals surface area contributed by atoms with Gasteiger partial charge in [-0.2, -0.15) is 11.8 Å². The second-order valence-corrected chi connectivity index (χ2v) is 4.49. The molecule has 0 saturated carbocycles. The number of allylic oxidation sites excluding steroid dienone is 3. The van der Waals surface area contributed by atoms with Gasteiger partial charge in [-0.25, -0.2) is 0 Å². The summed E-state index contributed by atoms with van der Waals surface area (Å²) in [6.45, 7) is 6.23. The third-order valence-corrected chi connectivity index (χ3v) is 3.25. The molecule has 1 aliphatic carbocycles. The summed E-state index contributed by atoms with van der Waals surface area (Å²) in [7, 11) is 0. The van der Waals surface area contributed by atoms with Crippen molar-refractivity contribution in [1.29, 1.82) is 0 Å². The molecule has 1 heteroatoms. The van der Waals surface area contributed by atoms with Gasteiger partial charge in [-0.1, -0.05) is 24.3 Å². The van der Waals surface area contributed by atoms with Gasteiger partial charge >= 0.3 is 0 Å². The Bertz CT molecular complexity index is 181. The quantitative estimate of drug-likeness (QED) is 0.602. The molecule has 0 saturated heterocycles. The van der Waals surface area contributed by atoms with Crippen LogP contribution in [-0.2, 0) is 0 Å². The third kappa shape index (κ3) is 2.41. The van der Waals surface area contributed by atoms with E-state index in [2.05, 4.69) is 31.9 Å². The monoisotopic (exact) mass is 182 g/mol. The molecule has 1 rings (SSSR count). The van der Waals surface area contributed by atoms with Gasteiger partial charge in [0.2, 0.25) is 0 Å². The first kappa shape index (κ1) is 9.91. The highest BCUT2D eigenvalue weighted by molar-refractivity contribution is 7.98. The molecule has 2 atom stereocenters. The van der Waals surface area contributed by atoms with E-state index >= 15 is 0 Å². The lowest BCUT2D eigenvalue weighted by Crippen LogP contribution is -2.18. The van der Waals surface area contributed by atoms with E-state index < -0.39 is 0 Å². The van der Waals surface area contributed by atoms with Crippen LogP contribution in [0.2, 0.25) is 0 Å². The van der Waals surface area contributed by atoms with Crippen molar-refractivity contribution in [2.24, 2.45) is 11.8 Å². The maximum Gasteiger partial charge on any atom is -0.000148 e. The van der Waals surface area contributed by atoms with Crippen molar-refractivity contribution in [3.8, 4) is 0 Å². The molecule has 0 aromatic heterocycles. The molecule has 0 aromatic rings. The minimum absolute atomic E-state index is 0.738. The van der Waals surface area contributed by atoms with Crippen LogP contribution >= 0.6 is 11.8 Å². The minimum atomic E-state index is 0.738. The molecule has 68 valence electrons. The van der Waals surface area contributed by atoms with Gasteiger partial charge in [-0.3, -0.25) is 0 Å². The first-order chi connectivity index (χ1) is 5.75. The molecular formula is C11H18S.